The summed E-state index contributed by atoms with van der Waals surface area (Å²) < 4.78 is 11.3. The zero-order chi connectivity index (χ0) is 20.4. The van der Waals surface area contributed by atoms with E-state index < -0.39 is 0 Å². The van der Waals surface area contributed by atoms with Crippen molar-refractivity contribution in [2.24, 2.45) is 11.8 Å². The molecule has 6 heteroatoms. The predicted molar refractivity (Wildman–Crippen MR) is 111 cm³/mol. The highest BCUT2D eigenvalue weighted by molar-refractivity contribution is 6.00. The molecule has 0 aliphatic carbocycles. The SMILES string of the molecule is CCC(C)c1ccccc1N1CC(C(=O)N2CCC(C3OCCO3)CC2)CC1=O. The van der Waals surface area contributed by atoms with Gasteiger partial charge in [0.15, 0.2) is 6.29 Å². The van der Waals surface area contributed by atoms with Gasteiger partial charge in [-0.1, -0.05) is 32.0 Å². The molecule has 3 aliphatic rings. The molecule has 2 atom stereocenters. The van der Waals surface area contributed by atoms with E-state index in [1.54, 1.807) is 0 Å². The molecule has 1 aromatic carbocycles. The second-order valence-corrected chi connectivity index (χ2v) is 8.55. The summed E-state index contributed by atoms with van der Waals surface area (Å²) in [6.07, 6.45) is 3.02. The maximum Gasteiger partial charge on any atom is 0.228 e. The van der Waals surface area contributed by atoms with Crippen LogP contribution in [0.4, 0.5) is 5.69 Å². The molecular formula is C23H32N2O4. The van der Waals surface area contributed by atoms with Gasteiger partial charge in [-0.2, -0.15) is 0 Å². The van der Waals surface area contributed by atoms with Gasteiger partial charge >= 0.3 is 0 Å². The van der Waals surface area contributed by atoms with E-state index in [1.807, 2.05) is 28.0 Å². The Labute approximate surface area is 173 Å². The van der Waals surface area contributed by atoms with Crippen molar-refractivity contribution in [2.45, 2.75) is 51.7 Å². The highest BCUT2D eigenvalue weighted by Crippen LogP contribution is 2.34. The van der Waals surface area contributed by atoms with Gasteiger partial charge in [-0.15, -0.1) is 0 Å². The molecule has 0 aromatic heterocycles. The maximum absolute atomic E-state index is 13.1. The number of carbonyl (C=O) groups excluding carboxylic acids is 2. The van der Waals surface area contributed by atoms with Gasteiger partial charge in [-0.3, -0.25) is 9.59 Å². The minimum absolute atomic E-state index is 0.0572. The first-order valence-electron chi connectivity index (χ1n) is 11.0. The number of amides is 2. The zero-order valence-corrected chi connectivity index (χ0v) is 17.5. The molecule has 4 rings (SSSR count). The molecule has 29 heavy (non-hydrogen) atoms. The molecule has 3 saturated heterocycles. The van der Waals surface area contributed by atoms with Crippen molar-refractivity contribution in [1.29, 1.82) is 0 Å². The van der Waals surface area contributed by atoms with Crippen LogP contribution in [-0.2, 0) is 19.1 Å². The number of anilines is 1. The molecule has 6 nitrogen and oxygen atoms in total. The number of nitrogens with zero attached hydrogens (tertiary/aromatic N) is 2. The highest BCUT2D eigenvalue weighted by atomic mass is 16.7. The molecule has 0 saturated carbocycles. The number of carbonyl (C=O) groups is 2. The van der Waals surface area contributed by atoms with E-state index in [-0.39, 0.29) is 24.0 Å². The molecule has 2 unspecified atom stereocenters. The fourth-order valence-electron chi connectivity index (χ4n) is 4.77. The number of rotatable bonds is 5. The molecular weight excluding hydrogens is 368 g/mol. The summed E-state index contributed by atoms with van der Waals surface area (Å²) in [7, 11) is 0. The number of para-hydroxylation sites is 1. The van der Waals surface area contributed by atoms with Crippen LogP contribution in [0, 0.1) is 11.8 Å². The molecule has 2 amide bonds. The van der Waals surface area contributed by atoms with Crippen molar-refractivity contribution in [1.82, 2.24) is 4.90 Å². The number of hydrogen-bond donors (Lipinski definition) is 0. The number of benzene rings is 1. The van der Waals surface area contributed by atoms with Crippen LogP contribution in [0.3, 0.4) is 0 Å². The van der Waals surface area contributed by atoms with E-state index in [2.05, 4.69) is 19.9 Å². The van der Waals surface area contributed by atoms with Crippen molar-refractivity contribution in [3.05, 3.63) is 29.8 Å². The minimum Gasteiger partial charge on any atom is -0.350 e. The summed E-state index contributed by atoms with van der Waals surface area (Å²) in [4.78, 5) is 29.7. The predicted octanol–water partition coefficient (Wildman–Crippen LogP) is 3.16. The quantitative estimate of drug-likeness (QED) is 0.762. The van der Waals surface area contributed by atoms with Gasteiger partial charge in [-0.05, 0) is 36.8 Å². The summed E-state index contributed by atoms with van der Waals surface area (Å²) in [5.74, 6) is 0.678. The Morgan fingerprint density at radius 2 is 1.86 bits per heavy atom. The van der Waals surface area contributed by atoms with Crippen LogP contribution < -0.4 is 4.90 Å². The highest BCUT2D eigenvalue weighted by Gasteiger charge is 2.40. The van der Waals surface area contributed by atoms with Crippen molar-refractivity contribution in [2.75, 3.05) is 37.7 Å². The second-order valence-electron chi connectivity index (χ2n) is 8.55. The summed E-state index contributed by atoms with van der Waals surface area (Å²) in [5, 5.41) is 0. The van der Waals surface area contributed by atoms with Crippen LogP contribution in [0.2, 0.25) is 0 Å². The van der Waals surface area contributed by atoms with E-state index >= 15 is 0 Å². The van der Waals surface area contributed by atoms with Crippen LogP contribution in [0.25, 0.3) is 0 Å². The van der Waals surface area contributed by atoms with Crippen molar-refractivity contribution in [3.8, 4) is 0 Å². The molecule has 0 N–H and O–H groups in total. The fourth-order valence-corrected chi connectivity index (χ4v) is 4.77. The topological polar surface area (TPSA) is 59.1 Å². The second kappa shape index (κ2) is 8.84. The third kappa shape index (κ3) is 4.19. The Hall–Kier alpha value is -1.92. The van der Waals surface area contributed by atoms with Crippen LogP contribution in [0.1, 0.15) is 51.0 Å². The molecule has 3 fully saturated rings. The Morgan fingerprint density at radius 1 is 1.17 bits per heavy atom. The zero-order valence-electron chi connectivity index (χ0n) is 17.5. The number of ether oxygens (including phenoxy) is 2. The van der Waals surface area contributed by atoms with Crippen LogP contribution in [0.15, 0.2) is 24.3 Å². The first kappa shape index (κ1) is 20.4. The van der Waals surface area contributed by atoms with Crippen molar-refractivity contribution >= 4 is 17.5 Å². The van der Waals surface area contributed by atoms with Gasteiger partial charge in [-0.25, -0.2) is 0 Å². The van der Waals surface area contributed by atoms with E-state index in [0.29, 0.717) is 38.0 Å². The van der Waals surface area contributed by atoms with E-state index in [9.17, 15) is 9.59 Å². The fraction of sp³-hybridized carbons (Fsp3) is 0.652. The lowest BCUT2D eigenvalue weighted by atomic mass is 9.94. The number of hydrogen-bond acceptors (Lipinski definition) is 4. The van der Waals surface area contributed by atoms with Gasteiger partial charge in [0.1, 0.15) is 0 Å². The number of piperidine rings is 1. The monoisotopic (exact) mass is 400 g/mol. The summed E-state index contributed by atoms with van der Waals surface area (Å²) >= 11 is 0. The van der Waals surface area contributed by atoms with E-state index in [4.69, 9.17) is 9.47 Å². The molecule has 3 heterocycles. The van der Waals surface area contributed by atoms with Crippen molar-refractivity contribution < 1.29 is 19.1 Å². The first-order chi connectivity index (χ1) is 14.1. The van der Waals surface area contributed by atoms with Gasteiger partial charge in [0.25, 0.3) is 0 Å². The lowest BCUT2D eigenvalue weighted by molar-refractivity contribution is -0.140. The Bertz CT molecular complexity index is 738. The van der Waals surface area contributed by atoms with Crippen LogP contribution in [-0.4, -0.2) is 55.9 Å². The third-order valence-electron chi connectivity index (χ3n) is 6.73. The van der Waals surface area contributed by atoms with Crippen LogP contribution in [0.5, 0.6) is 0 Å². The number of likely N-dealkylation sites (tertiary alicyclic amines) is 1. The average Bonchev–Trinajstić information content (AvgIpc) is 3.43. The summed E-state index contributed by atoms with van der Waals surface area (Å²) in [5.41, 5.74) is 2.16. The Kier molecular flexibility index (Phi) is 6.20. The Morgan fingerprint density at radius 3 is 2.55 bits per heavy atom. The molecule has 1 aromatic rings. The van der Waals surface area contributed by atoms with Gasteiger partial charge < -0.3 is 19.3 Å². The molecule has 0 bridgehead atoms. The normalized spacial score (nSPS) is 25.0. The minimum atomic E-state index is -0.247. The van der Waals surface area contributed by atoms with Crippen molar-refractivity contribution in [3.63, 3.8) is 0 Å². The van der Waals surface area contributed by atoms with E-state index in [0.717, 1.165) is 38.0 Å². The summed E-state index contributed by atoms with van der Waals surface area (Å²) in [6, 6.07) is 8.11. The van der Waals surface area contributed by atoms with Gasteiger partial charge in [0, 0.05) is 37.7 Å². The van der Waals surface area contributed by atoms with E-state index in [1.165, 1.54) is 5.56 Å². The standard InChI is InChI=1S/C23H32N2O4/c1-3-16(2)19-6-4-5-7-20(19)25-15-18(14-21(25)26)22(27)24-10-8-17(9-11-24)23-28-12-13-29-23/h4-7,16-18,23H,3,8-15H2,1-2H3. The molecule has 0 spiro atoms. The van der Waals surface area contributed by atoms with Crippen LogP contribution >= 0.6 is 0 Å². The molecule has 0 radical (unpaired) electrons. The summed E-state index contributed by atoms with van der Waals surface area (Å²) in [6.45, 7) is 7.61. The lowest BCUT2D eigenvalue weighted by Crippen LogP contribution is -2.44. The smallest absolute Gasteiger partial charge is 0.228 e. The largest absolute Gasteiger partial charge is 0.350 e. The third-order valence-corrected chi connectivity index (χ3v) is 6.73. The van der Waals surface area contributed by atoms with Gasteiger partial charge in [0.05, 0.1) is 19.1 Å². The average molecular weight is 401 g/mol. The molecule has 158 valence electrons. The Balaban J connectivity index is 1.39. The molecule has 3 aliphatic heterocycles. The van der Waals surface area contributed by atoms with Gasteiger partial charge in [0.2, 0.25) is 11.8 Å². The first-order valence-corrected chi connectivity index (χ1v) is 11.0. The lowest BCUT2D eigenvalue weighted by Gasteiger charge is -2.35. The maximum atomic E-state index is 13.1.